The number of aromatic nitrogens is 4. The number of rotatable bonds is 7. The molecular weight excluding hydrogens is 421 g/mol. The Bertz CT molecular complexity index is 1270. The number of hydrogen-bond donors (Lipinski definition) is 4. The zero-order chi connectivity index (χ0) is 22.6. The van der Waals surface area contributed by atoms with E-state index in [1.54, 1.807) is 29.2 Å². The Balaban J connectivity index is 1.50. The van der Waals surface area contributed by atoms with E-state index < -0.39 is 0 Å². The third-order valence-corrected chi connectivity index (χ3v) is 5.50. The lowest BCUT2D eigenvalue weighted by molar-refractivity contribution is 0.269. The van der Waals surface area contributed by atoms with Gasteiger partial charge in [0.2, 0.25) is 5.95 Å². The highest BCUT2D eigenvalue weighted by Crippen LogP contribution is 2.30. The van der Waals surface area contributed by atoms with Crippen molar-refractivity contribution in [2.75, 3.05) is 23.8 Å². The van der Waals surface area contributed by atoms with Crippen LogP contribution in [-0.4, -0.2) is 38.0 Å². The van der Waals surface area contributed by atoms with Gasteiger partial charge in [-0.15, -0.1) is 0 Å². The van der Waals surface area contributed by atoms with Gasteiger partial charge >= 0.3 is 0 Å². The molecule has 5 rings (SSSR count). The van der Waals surface area contributed by atoms with E-state index in [4.69, 9.17) is 0 Å². The van der Waals surface area contributed by atoms with Crippen LogP contribution in [0.4, 0.5) is 27.5 Å². The molecule has 0 fully saturated rings. The van der Waals surface area contributed by atoms with Crippen molar-refractivity contribution in [1.82, 2.24) is 25.1 Å². The molecule has 0 atom stereocenters. The number of nitrogens with zero attached hydrogens (tertiary/aromatic N) is 4. The number of anilines is 4. The normalized spacial score (nSPS) is 12.9. The predicted octanol–water partition coefficient (Wildman–Crippen LogP) is 3.60. The second-order valence-electron chi connectivity index (χ2n) is 7.84. The first-order valence-corrected chi connectivity index (χ1v) is 10.8. The van der Waals surface area contributed by atoms with E-state index in [1.165, 1.54) is 23.3 Å². The second kappa shape index (κ2) is 9.35. The van der Waals surface area contributed by atoms with Crippen molar-refractivity contribution < 1.29 is 9.50 Å². The molecule has 33 heavy (non-hydrogen) atoms. The molecule has 0 spiro atoms. The maximum Gasteiger partial charge on any atom is 0.229 e. The number of nitrogens with one attached hydrogen (secondary N) is 3. The number of aliphatic hydroxyl groups is 1. The average molecular weight is 446 g/mol. The zero-order valence-corrected chi connectivity index (χ0v) is 17.9. The summed E-state index contributed by atoms with van der Waals surface area (Å²) in [6, 6.07) is 12.5. The van der Waals surface area contributed by atoms with Crippen molar-refractivity contribution in [2.45, 2.75) is 19.5 Å². The van der Waals surface area contributed by atoms with Crippen molar-refractivity contribution >= 4 is 23.1 Å². The fourth-order valence-corrected chi connectivity index (χ4v) is 3.87. The average Bonchev–Trinajstić information content (AvgIpc) is 3.28. The van der Waals surface area contributed by atoms with Crippen LogP contribution in [0, 0.1) is 5.82 Å². The first kappa shape index (κ1) is 21.0. The number of aliphatic hydroxyl groups excluding tert-OH is 1. The lowest BCUT2D eigenvalue weighted by Gasteiger charge is -2.19. The van der Waals surface area contributed by atoms with Gasteiger partial charge in [-0.3, -0.25) is 4.68 Å². The van der Waals surface area contributed by atoms with Crippen molar-refractivity contribution in [3.8, 4) is 11.1 Å². The van der Waals surface area contributed by atoms with Crippen molar-refractivity contribution in [2.24, 2.45) is 0 Å². The zero-order valence-electron chi connectivity index (χ0n) is 17.9. The molecule has 4 N–H and O–H groups in total. The molecule has 1 aliphatic heterocycles. The van der Waals surface area contributed by atoms with Crippen molar-refractivity contribution in [1.29, 1.82) is 0 Å². The molecule has 168 valence electrons. The summed E-state index contributed by atoms with van der Waals surface area (Å²) in [5.41, 5.74) is 5.67. The summed E-state index contributed by atoms with van der Waals surface area (Å²) in [7, 11) is 0. The molecule has 4 aromatic rings. The quantitative estimate of drug-likeness (QED) is 0.345. The summed E-state index contributed by atoms with van der Waals surface area (Å²) in [6.07, 6.45) is 6.28. The van der Waals surface area contributed by atoms with Crippen LogP contribution in [0.5, 0.6) is 0 Å². The van der Waals surface area contributed by atoms with E-state index >= 15 is 0 Å². The van der Waals surface area contributed by atoms with E-state index in [0.717, 1.165) is 36.3 Å². The SMILES string of the molecule is OCCn1cc(-c2cnc(Nc3cccc(F)c3)nc2Nc2ccc3c(c2)CNCC3)cn1. The molecule has 0 aliphatic carbocycles. The molecule has 0 saturated heterocycles. The van der Waals surface area contributed by atoms with Crippen LogP contribution in [0.2, 0.25) is 0 Å². The van der Waals surface area contributed by atoms with Gasteiger partial charge in [0, 0.05) is 41.4 Å². The van der Waals surface area contributed by atoms with Crippen LogP contribution in [0.15, 0.2) is 61.1 Å². The molecule has 0 amide bonds. The van der Waals surface area contributed by atoms with E-state index in [1.807, 2.05) is 12.3 Å². The minimum Gasteiger partial charge on any atom is -0.394 e. The van der Waals surface area contributed by atoms with E-state index in [-0.39, 0.29) is 12.4 Å². The fraction of sp³-hybridized carbons (Fsp3) is 0.208. The Labute approximate surface area is 190 Å². The van der Waals surface area contributed by atoms with Crippen LogP contribution in [0.1, 0.15) is 11.1 Å². The summed E-state index contributed by atoms with van der Waals surface area (Å²) in [6.45, 7) is 2.23. The van der Waals surface area contributed by atoms with Gasteiger partial charge in [0.25, 0.3) is 0 Å². The van der Waals surface area contributed by atoms with Gasteiger partial charge in [-0.25, -0.2) is 9.37 Å². The summed E-state index contributed by atoms with van der Waals surface area (Å²) in [5, 5.41) is 23.4. The molecule has 8 nitrogen and oxygen atoms in total. The Morgan fingerprint density at radius 1 is 1.06 bits per heavy atom. The standard InChI is InChI=1S/C24H24FN7O/c25-19-2-1-3-20(11-19)30-24-27-14-22(18-13-28-32(15-18)8-9-33)23(31-24)29-21-5-4-16-6-7-26-12-17(16)10-21/h1-5,10-11,13-15,26,33H,6-9,12H2,(H2,27,29,30,31). The summed E-state index contributed by atoms with van der Waals surface area (Å²) >= 11 is 0. The van der Waals surface area contributed by atoms with Crippen LogP contribution in [0.25, 0.3) is 11.1 Å². The highest BCUT2D eigenvalue weighted by atomic mass is 19.1. The van der Waals surface area contributed by atoms with E-state index in [2.05, 4.69) is 43.1 Å². The first-order chi connectivity index (χ1) is 16.2. The largest absolute Gasteiger partial charge is 0.394 e. The highest BCUT2D eigenvalue weighted by molar-refractivity contribution is 5.78. The fourth-order valence-electron chi connectivity index (χ4n) is 3.87. The molecule has 0 bridgehead atoms. The monoisotopic (exact) mass is 445 g/mol. The number of fused-ring (bicyclic) bond motifs is 1. The maximum atomic E-state index is 13.6. The predicted molar refractivity (Wildman–Crippen MR) is 125 cm³/mol. The molecule has 0 saturated carbocycles. The van der Waals surface area contributed by atoms with Gasteiger partial charge in [0.1, 0.15) is 11.6 Å². The van der Waals surface area contributed by atoms with Gasteiger partial charge in [0.05, 0.1) is 19.3 Å². The number of hydrogen-bond acceptors (Lipinski definition) is 7. The topological polar surface area (TPSA) is 99.9 Å². The van der Waals surface area contributed by atoms with Crippen LogP contribution < -0.4 is 16.0 Å². The smallest absolute Gasteiger partial charge is 0.229 e. The van der Waals surface area contributed by atoms with Crippen LogP contribution in [-0.2, 0) is 19.5 Å². The lowest BCUT2D eigenvalue weighted by atomic mass is 10.0. The van der Waals surface area contributed by atoms with Gasteiger partial charge in [-0.1, -0.05) is 12.1 Å². The van der Waals surface area contributed by atoms with Crippen molar-refractivity contribution in [3.05, 3.63) is 78.0 Å². The Morgan fingerprint density at radius 2 is 1.97 bits per heavy atom. The van der Waals surface area contributed by atoms with Gasteiger partial charge < -0.3 is 21.1 Å². The van der Waals surface area contributed by atoms with Gasteiger partial charge in [-0.2, -0.15) is 10.1 Å². The summed E-state index contributed by atoms with van der Waals surface area (Å²) < 4.78 is 15.3. The van der Waals surface area contributed by atoms with Crippen LogP contribution >= 0.6 is 0 Å². The molecule has 2 aromatic carbocycles. The Morgan fingerprint density at radius 3 is 2.85 bits per heavy atom. The summed E-state index contributed by atoms with van der Waals surface area (Å²) in [5.74, 6) is 0.597. The minimum absolute atomic E-state index is 0.00236. The second-order valence-corrected chi connectivity index (χ2v) is 7.84. The molecule has 3 heterocycles. The lowest BCUT2D eigenvalue weighted by Crippen LogP contribution is -2.23. The molecule has 0 radical (unpaired) electrons. The van der Waals surface area contributed by atoms with Crippen molar-refractivity contribution in [3.63, 3.8) is 0 Å². The van der Waals surface area contributed by atoms with Gasteiger partial charge in [0.15, 0.2) is 0 Å². The van der Waals surface area contributed by atoms with Gasteiger partial charge in [-0.05, 0) is 54.4 Å². The summed E-state index contributed by atoms with van der Waals surface area (Å²) in [4.78, 5) is 9.11. The third-order valence-electron chi connectivity index (χ3n) is 5.50. The highest BCUT2D eigenvalue weighted by Gasteiger charge is 2.14. The minimum atomic E-state index is -0.339. The Hall–Kier alpha value is -3.82. The molecule has 1 aliphatic rings. The number of benzene rings is 2. The third kappa shape index (κ3) is 4.84. The first-order valence-electron chi connectivity index (χ1n) is 10.8. The molecule has 0 unspecified atom stereocenters. The van der Waals surface area contributed by atoms with E-state index in [9.17, 15) is 9.50 Å². The maximum absolute atomic E-state index is 13.6. The molecule has 9 heteroatoms. The number of halogens is 1. The Kier molecular flexibility index (Phi) is 5.97. The van der Waals surface area contributed by atoms with Crippen LogP contribution in [0.3, 0.4) is 0 Å². The molecule has 2 aromatic heterocycles. The van der Waals surface area contributed by atoms with E-state index in [0.29, 0.717) is 24.0 Å². The molecular formula is C24H24FN7O.